The van der Waals surface area contributed by atoms with E-state index in [4.69, 9.17) is 0 Å². The van der Waals surface area contributed by atoms with Crippen LogP contribution in [0.25, 0.3) is 0 Å². The van der Waals surface area contributed by atoms with Crippen molar-refractivity contribution in [3.8, 4) is 0 Å². The second-order valence-corrected chi connectivity index (χ2v) is 8.92. The lowest BCUT2D eigenvalue weighted by Crippen LogP contribution is -2.48. The van der Waals surface area contributed by atoms with E-state index in [1.54, 1.807) is 6.92 Å². The molecule has 1 saturated heterocycles. The smallest absolute Gasteiger partial charge is 0.325 e. The van der Waals surface area contributed by atoms with Crippen LogP contribution in [-0.4, -0.2) is 53.8 Å². The molecule has 1 aliphatic heterocycles. The zero-order valence-electron chi connectivity index (χ0n) is 19.0. The number of carbonyl (C=O) groups is 3. The standard InChI is InChI=1S/C25H27N5O3S/c1-18(31)19-7-10-22(11-8-19)29-13-15-30(16-14-29)23(32)12-9-21-17-34-25(27-21)28-24(33)26-20-5-3-2-4-6-20/h2-8,10-11,17H,9,12-16H2,1H3,(H2,26,27,28,33). The molecule has 0 spiro atoms. The molecule has 0 saturated carbocycles. The second-order valence-electron chi connectivity index (χ2n) is 8.06. The van der Waals surface area contributed by atoms with Crippen LogP contribution in [0.5, 0.6) is 0 Å². The first-order valence-corrected chi connectivity index (χ1v) is 12.1. The average molecular weight is 478 g/mol. The third kappa shape index (κ3) is 6.20. The molecule has 0 bridgehead atoms. The molecule has 1 aliphatic rings. The fourth-order valence-corrected chi connectivity index (χ4v) is 4.51. The van der Waals surface area contributed by atoms with Crippen molar-refractivity contribution < 1.29 is 14.4 Å². The minimum Gasteiger partial charge on any atom is -0.368 e. The molecule has 0 radical (unpaired) electrons. The largest absolute Gasteiger partial charge is 0.368 e. The molecule has 1 fully saturated rings. The van der Waals surface area contributed by atoms with E-state index in [1.807, 2.05) is 64.9 Å². The lowest BCUT2D eigenvalue weighted by molar-refractivity contribution is -0.131. The van der Waals surface area contributed by atoms with Gasteiger partial charge in [0.15, 0.2) is 10.9 Å². The Bertz CT molecular complexity index is 1140. The minimum atomic E-state index is -0.350. The summed E-state index contributed by atoms with van der Waals surface area (Å²) in [4.78, 5) is 44.8. The molecule has 2 heterocycles. The number of nitrogens with one attached hydrogen (secondary N) is 2. The molecule has 4 rings (SSSR count). The van der Waals surface area contributed by atoms with Crippen molar-refractivity contribution in [2.75, 3.05) is 41.7 Å². The lowest BCUT2D eigenvalue weighted by atomic mass is 10.1. The van der Waals surface area contributed by atoms with Crippen LogP contribution in [0.3, 0.4) is 0 Å². The van der Waals surface area contributed by atoms with Crippen LogP contribution < -0.4 is 15.5 Å². The molecule has 2 aromatic carbocycles. The van der Waals surface area contributed by atoms with Crippen LogP contribution in [0.4, 0.5) is 21.3 Å². The van der Waals surface area contributed by atoms with Crippen molar-refractivity contribution in [2.24, 2.45) is 0 Å². The monoisotopic (exact) mass is 477 g/mol. The van der Waals surface area contributed by atoms with Crippen LogP contribution >= 0.6 is 11.3 Å². The molecule has 176 valence electrons. The maximum absolute atomic E-state index is 12.7. The third-order valence-corrected chi connectivity index (χ3v) is 6.48. The third-order valence-electron chi connectivity index (χ3n) is 5.67. The molecule has 0 unspecified atom stereocenters. The predicted octanol–water partition coefficient (Wildman–Crippen LogP) is 4.27. The van der Waals surface area contributed by atoms with Crippen LogP contribution in [0.1, 0.15) is 29.4 Å². The number of ketones is 1. The van der Waals surface area contributed by atoms with Crippen molar-refractivity contribution in [1.29, 1.82) is 0 Å². The number of piperazine rings is 1. The topological polar surface area (TPSA) is 94.6 Å². The summed E-state index contributed by atoms with van der Waals surface area (Å²) < 4.78 is 0. The number of Topliss-reactive ketones (excluding diaryl/α,β-unsaturated/α-hetero) is 1. The van der Waals surface area contributed by atoms with Gasteiger partial charge in [0, 0.05) is 54.9 Å². The van der Waals surface area contributed by atoms with E-state index in [9.17, 15) is 14.4 Å². The number of aromatic nitrogens is 1. The van der Waals surface area contributed by atoms with Crippen LogP contribution in [0.2, 0.25) is 0 Å². The van der Waals surface area contributed by atoms with Crippen LogP contribution in [0, 0.1) is 0 Å². The number of rotatable bonds is 7. The van der Waals surface area contributed by atoms with Gasteiger partial charge in [-0.05, 0) is 49.7 Å². The van der Waals surface area contributed by atoms with E-state index in [-0.39, 0.29) is 17.7 Å². The first-order valence-electron chi connectivity index (χ1n) is 11.2. The molecule has 0 aliphatic carbocycles. The van der Waals surface area contributed by atoms with E-state index in [0.29, 0.717) is 42.3 Å². The van der Waals surface area contributed by atoms with Crippen LogP contribution in [0.15, 0.2) is 60.0 Å². The van der Waals surface area contributed by atoms with Crippen molar-refractivity contribution in [3.05, 3.63) is 71.2 Å². The molecular formula is C25H27N5O3S. The molecular weight excluding hydrogens is 450 g/mol. The summed E-state index contributed by atoms with van der Waals surface area (Å²) in [5.74, 6) is 0.163. The van der Waals surface area contributed by atoms with Crippen molar-refractivity contribution in [3.63, 3.8) is 0 Å². The summed E-state index contributed by atoms with van der Waals surface area (Å²) in [5, 5.41) is 7.85. The first kappa shape index (κ1) is 23.4. The highest BCUT2D eigenvalue weighted by molar-refractivity contribution is 7.13. The highest BCUT2D eigenvalue weighted by Crippen LogP contribution is 2.20. The summed E-state index contributed by atoms with van der Waals surface area (Å²) in [7, 11) is 0. The van der Waals surface area contributed by atoms with Crippen molar-refractivity contribution in [1.82, 2.24) is 9.88 Å². The number of benzene rings is 2. The van der Waals surface area contributed by atoms with E-state index in [1.165, 1.54) is 11.3 Å². The molecule has 1 aromatic heterocycles. The van der Waals surface area contributed by atoms with Gasteiger partial charge in [-0.1, -0.05) is 18.2 Å². The number of aryl methyl sites for hydroxylation is 1. The van der Waals surface area contributed by atoms with Gasteiger partial charge in [-0.15, -0.1) is 11.3 Å². The summed E-state index contributed by atoms with van der Waals surface area (Å²) in [6.07, 6.45) is 0.913. The number of nitrogens with zero attached hydrogens (tertiary/aromatic N) is 3. The molecule has 8 nitrogen and oxygen atoms in total. The van der Waals surface area contributed by atoms with Gasteiger partial charge in [0.2, 0.25) is 5.91 Å². The highest BCUT2D eigenvalue weighted by Gasteiger charge is 2.21. The molecule has 3 aromatic rings. The number of thiazole rings is 1. The quantitative estimate of drug-likeness (QED) is 0.496. The van der Waals surface area contributed by atoms with Gasteiger partial charge in [-0.25, -0.2) is 9.78 Å². The number of hydrogen-bond acceptors (Lipinski definition) is 6. The zero-order chi connectivity index (χ0) is 23.9. The highest BCUT2D eigenvalue weighted by atomic mass is 32.1. The van der Waals surface area contributed by atoms with Gasteiger partial charge in [0.1, 0.15) is 0 Å². The molecule has 2 N–H and O–H groups in total. The molecule has 34 heavy (non-hydrogen) atoms. The molecule has 3 amide bonds. The van der Waals surface area contributed by atoms with E-state index >= 15 is 0 Å². The maximum atomic E-state index is 12.7. The zero-order valence-corrected chi connectivity index (χ0v) is 19.8. The van der Waals surface area contributed by atoms with E-state index in [0.717, 1.165) is 24.5 Å². The van der Waals surface area contributed by atoms with Gasteiger partial charge < -0.3 is 15.1 Å². The van der Waals surface area contributed by atoms with Crippen molar-refractivity contribution >= 4 is 45.6 Å². The van der Waals surface area contributed by atoms with Crippen LogP contribution in [-0.2, 0) is 11.2 Å². The molecule has 0 atom stereocenters. The number of carbonyl (C=O) groups excluding carboxylic acids is 3. The fourth-order valence-electron chi connectivity index (χ4n) is 3.77. The fraction of sp³-hybridized carbons (Fsp3) is 0.280. The summed E-state index contributed by atoms with van der Waals surface area (Å²) in [6.45, 7) is 4.40. The summed E-state index contributed by atoms with van der Waals surface area (Å²) in [5.41, 5.74) is 3.26. The average Bonchev–Trinajstić information content (AvgIpc) is 3.30. The van der Waals surface area contributed by atoms with Gasteiger partial charge in [0.25, 0.3) is 0 Å². The normalized spacial score (nSPS) is 13.4. The minimum absolute atomic E-state index is 0.0560. The Morgan fingerprint density at radius 2 is 1.65 bits per heavy atom. The maximum Gasteiger partial charge on any atom is 0.325 e. The Morgan fingerprint density at radius 3 is 2.32 bits per heavy atom. The van der Waals surface area contributed by atoms with Gasteiger partial charge >= 0.3 is 6.03 Å². The van der Waals surface area contributed by atoms with Gasteiger partial charge in [-0.3, -0.25) is 14.9 Å². The Morgan fingerprint density at radius 1 is 0.941 bits per heavy atom. The first-order chi connectivity index (χ1) is 16.5. The van der Waals surface area contributed by atoms with Gasteiger partial charge in [0.05, 0.1) is 5.69 Å². The Balaban J connectivity index is 1.20. The Kier molecular flexibility index (Phi) is 7.54. The van der Waals surface area contributed by atoms with E-state index < -0.39 is 0 Å². The Hall–Kier alpha value is -3.72. The summed E-state index contributed by atoms with van der Waals surface area (Å²) >= 11 is 1.34. The number of para-hydroxylation sites is 1. The summed E-state index contributed by atoms with van der Waals surface area (Å²) in [6, 6.07) is 16.5. The number of urea groups is 1. The Labute approximate surface area is 202 Å². The van der Waals surface area contributed by atoms with Gasteiger partial charge in [-0.2, -0.15) is 0 Å². The number of amides is 3. The number of hydrogen-bond donors (Lipinski definition) is 2. The predicted molar refractivity (Wildman–Crippen MR) is 135 cm³/mol. The van der Waals surface area contributed by atoms with Crippen molar-refractivity contribution in [2.45, 2.75) is 19.8 Å². The SMILES string of the molecule is CC(=O)c1ccc(N2CCN(C(=O)CCc3csc(NC(=O)Nc4ccccc4)n3)CC2)cc1. The lowest BCUT2D eigenvalue weighted by Gasteiger charge is -2.36. The second kappa shape index (κ2) is 10.9. The number of anilines is 3. The van der Waals surface area contributed by atoms with E-state index in [2.05, 4.69) is 20.5 Å². The molecule has 9 heteroatoms.